The summed E-state index contributed by atoms with van der Waals surface area (Å²) in [6.45, 7) is 1.70. The molecule has 1 aliphatic rings. The summed E-state index contributed by atoms with van der Waals surface area (Å²) < 4.78 is 6.90. The standard InChI is InChI=1S/C11H18N4O2/c1-15-5-2-9(14-15)10(16)13-11(8-12)3-6-17-7-4-11/h2,5H,3-4,6-8,12H2,1H3,(H,13,16). The van der Waals surface area contributed by atoms with Crippen LogP contribution in [0.1, 0.15) is 23.3 Å². The van der Waals surface area contributed by atoms with Crippen LogP contribution >= 0.6 is 0 Å². The van der Waals surface area contributed by atoms with Gasteiger partial charge >= 0.3 is 0 Å². The minimum atomic E-state index is -0.340. The molecule has 0 aromatic carbocycles. The molecule has 0 bridgehead atoms. The largest absolute Gasteiger partial charge is 0.381 e. The van der Waals surface area contributed by atoms with Crippen LogP contribution in [0.15, 0.2) is 12.3 Å². The van der Waals surface area contributed by atoms with Gasteiger partial charge in [0.05, 0.1) is 5.54 Å². The first-order chi connectivity index (χ1) is 8.15. The highest BCUT2D eigenvalue weighted by atomic mass is 16.5. The molecule has 1 aromatic heterocycles. The summed E-state index contributed by atoms with van der Waals surface area (Å²) in [5.74, 6) is -0.169. The molecule has 0 radical (unpaired) electrons. The number of aryl methyl sites for hydroxylation is 1. The lowest BCUT2D eigenvalue weighted by Crippen LogP contribution is -2.56. The second-order valence-corrected chi connectivity index (χ2v) is 4.43. The van der Waals surface area contributed by atoms with Crippen molar-refractivity contribution in [2.24, 2.45) is 12.8 Å². The van der Waals surface area contributed by atoms with Gasteiger partial charge in [0, 0.05) is 33.0 Å². The Bertz CT molecular complexity index is 396. The quantitative estimate of drug-likeness (QED) is 0.754. The number of nitrogens with two attached hydrogens (primary N) is 1. The van der Waals surface area contributed by atoms with Crippen LogP contribution in [0.25, 0.3) is 0 Å². The summed E-state index contributed by atoms with van der Waals surface area (Å²) in [6.07, 6.45) is 3.25. The van der Waals surface area contributed by atoms with Crippen LogP contribution in [0.5, 0.6) is 0 Å². The van der Waals surface area contributed by atoms with Crippen molar-refractivity contribution in [2.45, 2.75) is 18.4 Å². The Kier molecular flexibility index (Phi) is 3.44. The van der Waals surface area contributed by atoms with Gasteiger partial charge in [-0.05, 0) is 18.9 Å². The first kappa shape index (κ1) is 12.1. The molecule has 0 spiro atoms. The summed E-state index contributed by atoms with van der Waals surface area (Å²) in [5.41, 5.74) is 5.86. The molecule has 0 unspecified atom stereocenters. The summed E-state index contributed by atoms with van der Waals surface area (Å²) in [5, 5.41) is 7.07. The average Bonchev–Trinajstić information content (AvgIpc) is 2.77. The molecule has 1 amide bonds. The van der Waals surface area contributed by atoms with Crippen LogP contribution in [0.4, 0.5) is 0 Å². The zero-order valence-corrected chi connectivity index (χ0v) is 9.98. The van der Waals surface area contributed by atoms with E-state index in [0.29, 0.717) is 25.5 Å². The number of ether oxygens (including phenoxy) is 1. The monoisotopic (exact) mass is 238 g/mol. The van der Waals surface area contributed by atoms with Gasteiger partial charge in [0.25, 0.3) is 5.91 Å². The molecular formula is C11H18N4O2. The van der Waals surface area contributed by atoms with Gasteiger partial charge in [-0.1, -0.05) is 0 Å². The lowest BCUT2D eigenvalue weighted by atomic mass is 9.90. The van der Waals surface area contributed by atoms with Crippen molar-refractivity contribution in [2.75, 3.05) is 19.8 Å². The van der Waals surface area contributed by atoms with E-state index in [1.165, 1.54) is 0 Å². The van der Waals surface area contributed by atoms with Gasteiger partial charge in [-0.25, -0.2) is 0 Å². The molecule has 94 valence electrons. The van der Waals surface area contributed by atoms with E-state index >= 15 is 0 Å². The molecule has 0 saturated carbocycles. The number of rotatable bonds is 3. The van der Waals surface area contributed by atoms with E-state index in [1.807, 2.05) is 0 Å². The van der Waals surface area contributed by atoms with Crippen molar-refractivity contribution in [1.29, 1.82) is 0 Å². The summed E-state index contributed by atoms with van der Waals surface area (Å²) in [7, 11) is 1.78. The van der Waals surface area contributed by atoms with E-state index in [0.717, 1.165) is 12.8 Å². The van der Waals surface area contributed by atoms with Gasteiger partial charge in [-0.2, -0.15) is 5.10 Å². The number of aromatic nitrogens is 2. The maximum absolute atomic E-state index is 12.0. The van der Waals surface area contributed by atoms with E-state index in [-0.39, 0.29) is 11.4 Å². The molecule has 6 heteroatoms. The summed E-state index contributed by atoms with van der Waals surface area (Å²) in [4.78, 5) is 12.0. The Labute approximate surface area is 100 Å². The summed E-state index contributed by atoms with van der Waals surface area (Å²) >= 11 is 0. The zero-order valence-electron chi connectivity index (χ0n) is 9.98. The first-order valence-electron chi connectivity index (χ1n) is 5.75. The maximum Gasteiger partial charge on any atom is 0.272 e. The second kappa shape index (κ2) is 4.85. The van der Waals surface area contributed by atoms with Crippen molar-refractivity contribution >= 4 is 5.91 Å². The number of nitrogens with one attached hydrogen (secondary N) is 1. The molecule has 0 atom stereocenters. The van der Waals surface area contributed by atoms with Crippen LogP contribution in [-0.2, 0) is 11.8 Å². The number of amides is 1. The number of hydrogen-bond acceptors (Lipinski definition) is 4. The van der Waals surface area contributed by atoms with E-state index in [1.54, 1.807) is 24.0 Å². The van der Waals surface area contributed by atoms with Crippen molar-refractivity contribution in [3.8, 4) is 0 Å². The second-order valence-electron chi connectivity index (χ2n) is 4.43. The fraction of sp³-hybridized carbons (Fsp3) is 0.636. The van der Waals surface area contributed by atoms with Gasteiger partial charge in [-0.15, -0.1) is 0 Å². The zero-order chi connectivity index (χ0) is 12.3. The maximum atomic E-state index is 12.0. The minimum absolute atomic E-state index is 0.169. The third kappa shape index (κ3) is 2.65. The lowest BCUT2D eigenvalue weighted by molar-refractivity contribution is 0.0387. The van der Waals surface area contributed by atoms with E-state index in [9.17, 15) is 4.79 Å². The Morgan fingerprint density at radius 2 is 2.35 bits per heavy atom. The predicted molar refractivity (Wildman–Crippen MR) is 62.5 cm³/mol. The highest BCUT2D eigenvalue weighted by Crippen LogP contribution is 2.19. The molecule has 17 heavy (non-hydrogen) atoms. The van der Waals surface area contributed by atoms with Crippen molar-refractivity contribution in [3.05, 3.63) is 18.0 Å². The number of hydrogen-bond donors (Lipinski definition) is 2. The fourth-order valence-corrected chi connectivity index (χ4v) is 1.98. The van der Waals surface area contributed by atoms with Gasteiger partial charge in [-0.3, -0.25) is 9.48 Å². The highest BCUT2D eigenvalue weighted by molar-refractivity contribution is 5.92. The molecule has 1 aliphatic heterocycles. The predicted octanol–water partition coefficient (Wildman–Crippen LogP) is -0.342. The molecule has 1 fully saturated rings. The molecule has 3 N–H and O–H groups in total. The summed E-state index contributed by atoms with van der Waals surface area (Å²) in [6, 6.07) is 1.69. The van der Waals surface area contributed by atoms with Crippen LogP contribution in [-0.4, -0.2) is 41.0 Å². The van der Waals surface area contributed by atoms with Gasteiger partial charge in [0.15, 0.2) is 0 Å². The molecule has 1 aromatic rings. The fourth-order valence-electron chi connectivity index (χ4n) is 1.98. The average molecular weight is 238 g/mol. The Hall–Kier alpha value is -1.40. The smallest absolute Gasteiger partial charge is 0.272 e. The number of nitrogens with zero attached hydrogens (tertiary/aromatic N) is 2. The highest BCUT2D eigenvalue weighted by Gasteiger charge is 2.33. The van der Waals surface area contributed by atoms with E-state index in [4.69, 9.17) is 10.5 Å². The SMILES string of the molecule is Cn1ccc(C(=O)NC2(CN)CCOCC2)n1. The van der Waals surface area contributed by atoms with Crippen molar-refractivity contribution < 1.29 is 9.53 Å². The van der Waals surface area contributed by atoms with Crippen LogP contribution < -0.4 is 11.1 Å². The molecule has 6 nitrogen and oxygen atoms in total. The van der Waals surface area contributed by atoms with Crippen LogP contribution in [0.3, 0.4) is 0 Å². The molecule has 2 rings (SSSR count). The first-order valence-corrected chi connectivity index (χ1v) is 5.75. The molecule has 2 heterocycles. The minimum Gasteiger partial charge on any atom is -0.381 e. The Morgan fingerprint density at radius 3 is 2.88 bits per heavy atom. The third-order valence-corrected chi connectivity index (χ3v) is 3.17. The normalized spacial score (nSPS) is 18.9. The van der Waals surface area contributed by atoms with E-state index < -0.39 is 0 Å². The van der Waals surface area contributed by atoms with Crippen LogP contribution in [0, 0.1) is 0 Å². The Morgan fingerprint density at radius 1 is 1.65 bits per heavy atom. The molecular weight excluding hydrogens is 220 g/mol. The topological polar surface area (TPSA) is 82.2 Å². The van der Waals surface area contributed by atoms with Gasteiger partial charge in [0.1, 0.15) is 5.69 Å². The lowest BCUT2D eigenvalue weighted by Gasteiger charge is -2.36. The van der Waals surface area contributed by atoms with Crippen LogP contribution in [0.2, 0.25) is 0 Å². The number of carbonyl (C=O) groups is 1. The molecule has 0 aliphatic carbocycles. The Balaban J connectivity index is 2.05. The van der Waals surface area contributed by atoms with Gasteiger partial charge < -0.3 is 15.8 Å². The van der Waals surface area contributed by atoms with Crippen molar-refractivity contribution in [3.63, 3.8) is 0 Å². The van der Waals surface area contributed by atoms with Gasteiger partial charge in [0.2, 0.25) is 0 Å². The van der Waals surface area contributed by atoms with Crippen molar-refractivity contribution in [1.82, 2.24) is 15.1 Å². The third-order valence-electron chi connectivity index (χ3n) is 3.17. The molecule has 1 saturated heterocycles. The van der Waals surface area contributed by atoms with E-state index in [2.05, 4.69) is 10.4 Å². The number of carbonyl (C=O) groups excluding carboxylic acids is 1.